The van der Waals surface area contributed by atoms with E-state index in [1.807, 2.05) is 31.2 Å². The summed E-state index contributed by atoms with van der Waals surface area (Å²) in [5.41, 5.74) is 7.44. The zero-order valence-electron chi connectivity index (χ0n) is 15.9. The average Bonchev–Trinajstić information content (AvgIpc) is 3.20. The smallest absolute Gasteiger partial charge is 0.269 e. The third-order valence-corrected chi connectivity index (χ3v) is 4.98. The van der Waals surface area contributed by atoms with Gasteiger partial charge in [0.1, 0.15) is 5.82 Å². The summed E-state index contributed by atoms with van der Waals surface area (Å²) in [6.45, 7) is 2.63. The molecule has 1 aliphatic heterocycles. The second-order valence-corrected chi connectivity index (χ2v) is 6.95. The summed E-state index contributed by atoms with van der Waals surface area (Å²) in [6, 6.07) is 12.4. The summed E-state index contributed by atoms with van der Waals surface area (Å²) in [5.74, 6) is -0.182. The van der Waals surface area contributed by atoms with E-state index >= 15 is 0 Å². The van der Waals surface area contributed by atoms with E-state index < -0.39 is 11.8 Å². The molecule has 146 valence electrons. The van der Waals surface area contributed by atoms with Gasteiger partial charge in [0.2, 0.25) is 0 Å². The van der Waals surface area contributed by atoms with E-state index in [4.69, 9.17) is 0 Å². The van der Waals surface area contributed by atoms with Crippen LogP contribution in [-0.2, 0) is 17.8 Å². The van der Waals surface area contributed by atoms with Crippen LogP contribution in [0.5, 0.6) is 0 Å². The van der Waals surface area contributed by atoms with E-state index in [2.05, 4.69) is 15.8 Å². The summed E-state index contributed by atoms with van der Waals surface area (Å²) < 4.78 is 1.68. The Balaban J connectivity index is 1.45. The van der Waals surface area contributed by atoms with Crippen LogP contribution in [0.3, 0.4) is 0 Å². The minimum Gasteiger partial charge on any atom is -0.296 e. The summed E-state index contributed by atoms with van der Waals surface area (Å²) >= 11 is 0. The summed E-state index contributed by atoms with van der Waals surface area (Å²) in [7, 11) is 0. The fourth-order valence-corrected chi connectivity index (χ4v) is 3.40. The number of hydrazine groups is 1. The Morgan fingerprint density at radius 2 is 1.97 bits per heavy atom. The Morgan fingerprint density at radius 1 is 1.14 bits per heavy atom. The number of hydrogen-bond acceptors (Lipinski definition) is 4. The first-order valence-corrected chi connectivity index (χ1v) is 9.40. The molecule has 2 N–H and O–H groups in total. The fraction of sp³-hybridized carbons (Fsp3) is 0.182. The lowest BCUT2D eigenvalue weighted by atomic mass is 10.1. The number of aryl methyl sites for hydroxylation is 2. The number of benzene rings is 2. The largest absolute Gasteiger partial charge is 0.296 e. The number of carbonyl (C=O) groups is 2. The van der Waals surface area contributed by atoms with E-state index in [0.717, 1.165) is 29.8 Å². The molecule has 0 saturated heterocycles. The van der Waals surface area contributed by atoms with Gasteiger partial charge in [-0.05, 0) is 48.7 Å². The zero-order chi connectivity index (χ0) is 20.4. The molecule has 4 rings (SSSR count). The molecule has 0 saturated carbocycles. The van der Waals surface area contributed by atoms with Gasteiger partial charge < -0.3 is 0 Å². The Bertz CT molecular complexity index is 1210. The average molecular weight is 388 g/mol. The van der Waals surface area contributed by atoms with E-state index in [9.17, 15) is 14.4 Å². The van der Waals surface area contributed by atoms with E-state index in [-0.39, 0.29) is 5.56 Å². The maximum atomic E-state index is 12.5. The molecule has 0 fully saturated rings. The molecular weight excluding hydrogens is 368 g/mol. The predicted octanol–water partition coefficient (Wildman–Crippen LogP) is 2.13. The Hall–Kier alpha value is -3.74. The van der Waals surface area contributed by atoms with Crippen LogP contribution in [-0.4, -0.2) is 21.4 Å². The molecule has 3 aromatic rings. The maximum Gasteiger partial charge on any atom is 0.269 e. The highest BCUT2D eigenvalue weighted by atomic mass is 16.2. The van der Waals surface area contributed by atoms with Crippen molar-refractivity contribution in [1.82, 2.24) is 20.4 Å². The highest BCUT2D eigenvalue weighted by Crippen LogP contribution is 2.16. The van der Waals surface area contributed by atoms with Crippen LogP contribution in [0.1, 0.15) is 33.7 Å². The normalized spacial score (nSPS) is 12.9. The number of hydrogen-bond donors (Lipinski definition) is 2. The molecule has 1 aromatic heterocycles. The highest BCUT2D eigenvalue weighted by molar-refractivity contribution is 6.00. The van der Waals surface area contributed by atoms with Crippen molar-refractivity contribution in [3.63, 3.8) is 0 Å². The third kappa shape index (κ3) is 3.80. The lowest BCUT2D eigenvalue weighted by Crippen LogP contribution is -2.40. The number of nitrogens with one attached hydrogen (secondary N) is 2. The molecular formula is C22H20N4O3. The number of nitrogens with zero attached hydrogens (tertiary/aromatic N) is 2. The fourth-order valence-electron chi connectivity index (χ4n) is 3.40. The van der Waals surface area contributed by atoms with Crippen LogP contribution in [0.2, 0.25) is 0 Å². The molecule has 0 spiro atoms. The van der Waals surface area contributed by atoms with Crippen molar-refractivity contribution in [3.05, 3.63) is 81.4 Å². The molecule has 0 bridgehead atoms. The zero-order valence-corrected chi connectivity index (χ0v) is 15.9. The molecule has 7 nitrogen and oxygen atoms in total. The first-order valence-electron chi connectivity index (χ1n) is 9.40. The highest BCUT2D eigenvalue weighted by Gasteiger charge is 2.17. The third-order valence-electron chi connectivity index (χ3n) is 4.98. The second-order valence-electron chi connectivity index (χ2n) is 6.95. The number of fused-ring (bicyclic) bond motifs is 2. The summed E-state index contributed by atoms with van der Waals surface area (Å²) in [4.78, 5) is 41.4. The SMILES string of the molecule is Cc1ccccc1/C=C/C(=O)NNC(=O)c1ccc2c(=O)n3c(nc2c1)CCC3. The van der Waals surface area contributed by atoms with Gasteiger partial charge in [0.25, 0.3) is 17.4 Å². The van der Waals surface area contributed by atoms with Crippen LogP contribution in [0.25, 0.3) is 17.0 Å². The lowest BCUT2D eigenvalue weighted by molar-refractivity contribution is -0.117. The number of aromatic nitrogens is 2. The van der Waals surface area contributed by atoms with E-state index in [0.29, 0.717) is 23.0 Å². The van der Waals surface area contributed by atoms with Crippen LogP contribution in [0, 0.1) is 6.92 Å². The van der Waals surface area contributed by atoms with Gasteiger partial charge in [0, 0.05) is 24.6 Å². The molecule has 29 heavy (non-hydrogen) atoms. The molecule has 0 atom stereocenters. The van der Waals surface area contributed by atoms with Crippen LogP contribution in [0.4, 0.5) is 0 Å². The van der Waals surface area contributed by atoms with Gasteiger partial charge >= 0.3 is 0 Å². The topological polar surface area (TPSA) is 93.1 Å². The van der Waals surface area contributed by atoms with Gasteiger partial charge in [-0.1, -0.05) is 24.3 Å². The molecule has 0 radical (unpaired) electrons. The monoisotopic (exact) mass is 388 g/mol. The van der Waals surface area contributed by atoms with Gasteiger partial charge in [-0.3, -0.25) is 29.8 Å². The molecule has 2 aromatic carbocycles. The summed E-state index contributed by atoms with van der Waals surface area (Å²) in [5, 5.41) is 0.484. The number of carbonyl (C=O) groups excluding carboxylic acids is 2. The first-order chi connectivity index (χ1) is 14.0. The Kier molecular flexibility index (Phi) is 4.95. The Labute approximate surface area is 167 Å². The first kappa shape index (κ1) is 18.6. The van der Waals surface area contributed by atoms with Gasteiger partial charge in [-0.25, -0.2) is 4.98 Å². The van der Waals surface area contributed by atoms with E-state index in [1.165, 1.54) is 6.08 Å². The van der Waals surface area contributed by atoms with Crippen LogP contribution >= 0.6 is 0 Å². The van der Waals surface area contributed by atoms with Crippen LogP contribution in [0.15, 0.2) is 53.3 Å². The second kappa shape index (κ2) is 7.71. The van der Waals surface area contributed by atoms with Gasteiger partial charge in [-0.2, -0.15) is 0 Å². The van der Waals surface area contributed by atoms with Crippen LogP contribution < -0.4 is 16.4 Å². The predicted molar refractivity (Wildman–Crippen MR) is 110 cm³/mol. The minimum atomic E-state index is -0.480. The van der Waals surface area contributed by atoms with Crippen molar-refractivity contribution in [3.8, 4) is 0 Å². The van der Waals surface area contributed by atoms with Gasteiger partial charge in [0.15, 0.2) is 0 Å². The molecule has 2 amide bonds. The summed E-state index contributed by atoms with van der Waals surface area (Å²) in [6.07, 6.45) is 4.69. The van der Waals surface area contributed by atoms with Crippen molar-refractivity contribution in [2.24, 2.45) is 0 Å². The van der Waals surface area contributed by atoms with Gasteiger partial charge in [0.05, 0.1) is 10.9 Å². The molecule has 0 unspecified atom stereocenters. The van der Waals surface area contributed by atoms with Crippen molar-refractivity contribution in [2.75, 3.05) is 0 Å². The van der Waals surface area contributed by atoms with E-state index in [1.54, 1.807) is 28.8 Å². The number of rotatable bonds is 3. The molecule has 1 aliphatic rings. The number of amides is 2. The quantitative estimate of drug-likeness (QED) is 0.531. The lowest BCUT2D eigenvalue weighted by Gasteiger charge is -2.08. The standard InChI is InChI=1S/C22H20N4O3/c1-14-5-2-3-6-15(14)9-11-20(27)24-25-21(28)16-8-10-17-18(13-16)23-19-7-4-12-26(19)22(17)29/h2-3,5-6,8-11,13H,4,7,12H2,1H3,(H,24,27)(H,25,28)/b11-9+. The molecule has 7 heteroatoms. The molecule has 0 aliphatic carbocycles. The van der Waals surface area contributed by atoms with Crippen molar-refractivity contribution >= 4 is 28.8 Å². The van der Waals surface area contributed by atoms with Gasteiger partial charge in [-0.15, -0.1) is 0 Å². The van der Waals surface area contributed by atoms with Crippen molar-refractivity contribution in [1.29, 1.82) is 0 Å². The van der Waals surface area contributed by atoms with Crippen molar-refractivity contribution in [2.45, 2.75) is 26.3 Å². The van der Waals surface area contributed by atoms with Crippen molar-refractivity contribution < 1.29 is 9.59 Å². The molecule has 2 heterocycles. The maximum absolute atomic E-state index is 12.5. The Morgan fingerprint density at radius 3 is 2.79 bits per heavy atom. The minimum absolute atomic E-state index is 0.0795.